The zero-order valence-electron chi connectivity index (χ0n) is 10.5. The van der Waals surface area contributed by atoms with Gasteiger partial charge in [-0.15, -0.1) is 0 Å². The van der Waals surface area contributed by atoms with E-state index in [1.807, 2.05) is 0 Å². The monoisotopic (exact) mass is 214 g/mol. The molecule has 0 amide bonds. The van der Waals surface area contributed by atoms with Gasteiger partial charge in [0.1, 0.15) is 0 Å². The SMILES string of the molecule is CCC(CC)CNCC1CN(C)CCO1. The Morgan fingerprint density at radius 2 is 2.13 bits per heavy atom. The highest BCUT2D eigenvalue weighted by atomic mass is 16.5. The van der Waals surface area contributed by atoms with Gasteiger partial charge in [0.2, 0.25) is 0 Å². The summed E-state index contributed by atoms with van der Waals surface area (Å²) in [5.41, 5.74) is 0. The molecule has 1 N–H and O–H groups in total. The van der Waals surface area contributed by atoms with Gasteiger partial charge >= 0.3 is 0 Å². The number of nitrogens with one attached hydrogen (secondary N) is 1. The summed E-state index contributed by atoms with van der Waals surface area (Å²) in [5.74, 6) is 0.825. The molecule has 3 heteroatoms. The van der Waals surface area contributed by atoms with Gasteiger partial charge in [0.05, 0.1) is 12.7 Å². The lowest BCUT2D eigenvalue weighted by Crippen LogP contribution is -2.45. The topological polar surface area (TPSA) is 24.5 Å². The Morgan fingerprint density at radius 3 is 2.73 bits per heavy atom. The number of nitrogens with zero attached hydrogens (tertiary/aromatic N) is 1. The Morgan fingerprint density at radius 1 is 1.40 bits per heavy atom. The lowest BCUT2D eigenvalue weighted by atomic mass is 10.0. The van der Waals surface area contributed by atoms with Crippen molar-refractivity contribution in [3.05, 3.63) is 0 Å². The average molecular weight is 214 g/mol. The third-order valence-electron chi connectivity index (χ3n) is 3.30. The highest BCUT2D eigenvalue weighted by Gasteiger charge is 2.17. The number of morpholine rings is 1. The molecule has 1 fully saturated rings. The first-order chi connectivity index (χ1) is 7.26. The van der Waals surface area contributed by atoms with E-state index in [9.17, 15) is 0 Å². The van der Waals surface area contributed by atoms with Crippen molar-refractivity contribution in [2.75, 3.05) is 39.8 Å². The Bertz CT molecular complexity index is 160. The molecule has 0 aromatic heterocycles. The van der Waals surface area contributed by atoms with Crippen LogP contribution in [-0.4, -0.2) is 50.8 Å². The van der Waals surface area contributed by atoms with Crippen LogP contribution < -0.4 is 5.32 Å². The van der Waals surface area contributed by atoms with Crippen LogP contribution in [0, 0.1) is 5.92 Å². The van der Waals surface area contributed by atoms with E-state index in [4.69, 9.17) is 4.74 Å². The van der Waals surface area contributed by atoms with Gasteiger partial charge in [-0.3, -0.25) is 0 Å². The Hall–Kier alpha value is -0.120. The van der Waals surface area contributed by atoms with Crippen molar-refractivity contribution in [3.63, 3.8) is 0 Å². The number of rotatable bonds is 6. The fraction of sp³-hybridized carbons (Fsp3) is 1.00. The molecule has 1 rings (SSSR count). The molecular formula is C12H26N2O. The van der Waals surface area contributed by atoms with Gasteiger partial charge in [-0.05, 0) is 19.5 Å². The van der Waals surface area contributed by atoms with Crippen LogP contribution in [0.4, 0.5) is 0 Å². The van der Waals surface area contributed by atoms with Crippen molar-refractivity contribution in [3.8, 4) is 0 Å². The fourth-order valence-corrected chi connectivity index (χ4v) is 2.02. The molecule has 1 heterocycles. The van der Waals surface area contributed by atoms with Gasteiger partial charge in [-0.25, -0.2) is 0 Å². The van der Waals surface area contributed by atoms with E-state index in [1.54, 1.807) is 0 Å². The summed E-state index contributed by atoms with van der Waals surface area (Å²) in [6.45, 7) is 9.69. The number of hydrogen-bond donors (Lipinski definition) is 1. The molecule has 0 saturated carbocycles. The van der Waals surface area contributed by atoms with Crippen LogP contribution >= 0.6 is 0 Å². The first-order valence-corrected chi connectivity index (χ1v) is 6.27. The molecule has 0 bridgehead atoms. The van der Waals surface area contributed by atoms with Gasteiger partial charge in [-0.1, -0.05) is 26.7 Å². The van der Waals surface area contributed by atoms with E-state index in [2.05, 4.69) is 31.1 Å². The molecule has 1 saturated heterocycles. The van der Waals surface area contributed by atoms with Gasteiger partial charge in [0.15, 0.2) is 0 Å². The number of hydrogen-bond acceptors (Lipinski definition) is 3. The van der Waals surface area contributed by atoms with E-state index in [0.717, 1.165) is 38.7 Å². The molecule has 0 aliphatic carbocycles. The van der Waals surface area contributed by atoms with Crippen molar-refractivity contribution >= 4 is 0 Å². The zero-order chi connectivity index (χ0) is 11.1. The highest BCUT2D eigenvalue weighted by molar-refractivity contribution is 4.71. The maximum Gasteiger partial charge on any atom is 0.0826 e. The summed E-state index contributed by atoms with van der Waals surface area (Å²) in [5, 5.41) is 3.53. The first-order valence-electron chi connectivity index (χ1n) is 6.27. The minimum absolute atomic E-state index is 0.387. The molecule has 15 heavy (non-hydrogen) atoms. The Labute approximate surface area is 94.2 Å². The maximum atomic E-state index is 5.69. The quantitative estimate of drug-likeness (QED) is 0.722. The molecule has 1 unspecified atom stereocenters. The van der Waals surface area contributed by atoms with Crippen molar-refractivity contribution in [1.82, 2.24) is 10.2 Å². The largest absolute Gasteiger partial charge is 0.374 e. The van der Waals surface area contributed by atoms with E-state index in [1.165, 1.54) is 12.8 Å². The number of likely N-dealkylation sites (N-methyl/N-ethyl adjacent to an activating group) is 1. The van der Waals surface area contributed by atoms with Crippen molar-refractivity contribution < 1.29 is 4.74 Å². The van der Waals surface area contributed by atoms with E-state index in [0.29, 0.717) is 6.10 Å². The fourth-order valence-electron chi connectivity index (χ4n) is 2.02. The molecule has 0 spiro atoms. The van der Waals surface area contributed by atoms with Crippen LogP contribution in [0.25, 0.3) is 0 Å². The van der Waals surface area contributed by atoms with E-state index in [-0.39, 0.29) is 0 Å². The molecule has 0 aromatic carbocycles. The van der Waals surface area contributed by atoms with Crippen LogP contribution in [0.1, 0.15) is 26.7 Å². The van der Waals surface area contributed by atoms with E-state index >= 15 is 0 Å². The zero-order valence-corrected chi connectivity index (χ0v) is 10.5. The molecule has 1 aliphatic rings. The highest BCUT2D eigenvalue weighted by Crippen LogP contribution is 2.06. The molecule has 3 nitrogen and oxygen atoms in total. The maximum absolute atomic E-state index is 5.69. The number of ether oxygens (including phenoxy) is 1. The van der Waals surface area contributed by atoms with Gasteiger partial charge in [-0.2, -0.15) is 0 Å². The standard InChI is InChI=1S/C12H26N2O/c1-4-11(5-2)8-13-9-12-10-14(3)6-7-15-12/h11-13H,4-10H2,1-3H3. The van der Waals surface area contributed by atoms with Crippen molar-refractivity contribution in [2.45, 2.75) is 32.8 Å². The van der Waals surface area contributed by atoms with Crippen molar-refractivity contribution in [2.24, 2.45) is 5.92 Å². The molecule has 0 aromatic rings. The minimum Gasteiger partial charge on any atom is -0.374 e. The van der Waals surface area contributed by atoms with Gasteiger partial charge in [0, 0.05) is 19.6 Å². The molecule has 1 aliphatic heterocycles. The second kappa shape index (κ2) is 7.20. The van der Waals surface area contributed by atoms with Crippen LogP contribution in [0.3, 0.4) is 0 Å². The third-order valence-corrected chi connectivity index (χ3v) is 3.30. The normalized spacial score (nSPS) is 23.6. The van der Waals surface area contributed by atoms with Crippen LogP contribution in [0.5, 0.6) is 0 Å². The van der Waals surface area contributed by atoms with Gasteiger partial charge in [0.25, 0.3) is 0 Å². The predicted molar refractivity (Wildman–Crippen MR) is 64.2 cm³/mol. The lowest BCUT2D eigenvalue weighted by molar-refractivity contribution is -0.0184. The van der Waals surface area contributed by atoms with Crippen LogP contribution in [0.15, 0.2) is 0 Å². The molecular weight excluding hydrogens is 188 g/mol. The summed E-state index contributed by atoms with van der Waals surface area (Å²) >= 11 is 0. The minimum atomic E-state index is 0.387. The summed E-state index contributed by atoms with van der Waals surface area (Å²) in [4.78, 5) is 2.34. The Balaban J connectivity index is 2.08. The summed E-state index contributed by atoms with van der Waals surface area (Å²) in [7, 11) is 2.16. The molecule has 0 radical (unpaired) electrons. The first kappa shape index (κ1) is 12.9. The second-order valence-electron chi connectivity index (χ2n) is 4.60. The van der Waals surface area contributed by atoms with E-state index < -0.39 is 0 Å². The van der Waals surface area contributed by atoms with Crippen molar-refractivity contribution in [1.29, 1.82) is 0 Å². The smallest absolute Gasteiger partial charge is 0.0826 e. The predicted octanol–water partition coefficient (Wildman–Crippen LogP) is 1.34. The summed E-state index contributed by atoms with van der Waals surface area (Å²) in [6, 6.07) is 0. The lowest BCUT2D eigenvalue weighted by Gasteiger charge is -2.30. The van der Waals surface area contributed by atoms with Crippen LogP contribution in [-0.2, 0) is 4.74 Å². The second-order valence-corrected chi connectivity index (χ2v) is 4.60. The molecule has 90 valence electrons. The van der Waals surface area contributed by atoms with Gasteiger partial charge < -0.3 is 15.0 Å². The molecule has 1 atom stereocenters. The third kappa shape index (κ3) is 4.96. The van der Waals surface area contributed by atoms with Crippen LogP contribution in [0.2, 0.25) is 0 Å². The Kier molecular flexibility index (Phi) is 6.22. The summed E-state index contributed by atoms with van der Waals surface area (Å²) < 4.78 is 5.69. The summed E-state index contributed by atoms with van der Waals surface area (Å²) in [6.07, 6.45) is 2.93. The average Bonchev–Trinajstić information content (AvgIpc) is 2.25.